The minimum atomic E-state index is -0.538. The fourth-order valence-corrected chi connectivity index (χ4v) is 2.46. The van der Waals surface area contributed by atoms with Gasteiger partial charge < -0.3 is 20.1 Å². The maximum Gasteiger partial charge on any atom is 0.265 e. The number of amides is 2. The molecule has 0 aliphatic carbocycles. The number of aryl methyl sites for hydroxylation is 1. The molecule has 3 rings (SSSR count). The standard InChI is InChI=1S/C18H17ClN2O4/c1-10-7-13(4-5-14(10)19)24-9-17(22)20-12-3-6-16-15(8-12)21-18(23)11(2)25-16/h3-8,11H,9H2,1-2H3,(H,20,22)(H,21,23). The van der Waals surface area contributed by atoms with Crippen LogP contribution in [0.25, 0.3) is 0 Å². The quantitative estimate of drug-likeness (QED) is 0.876. The molecule has 2 aromatic rings. The number of benzene rings is 2. The number of hydrogen-bond donors (Lipinski definition) is 2. The third kappa shape index (κ3) is 4.03. The number of carbonyl (C=O) groups excluding carboxylic acids is 2. The first-order valence-corrected chi connectivity index (χ1v) is 8.10. The summed E-state index contributed by atoms with van der Waals surface area (Å²) in [5.74, 6) is 0.594. The molecule has 0 bridgehead atoms. The molecule has 2 amide bonds. The molecule has 1 unspecified atom stereocenters. The highest BCUT2D eigenvalue weighted by atomic mass is 35.5. The SMILES string of the molecule is Cc1cc(OCC(=O)Nc2ccc3c(c2)NC(=O)C(C)O3)ccc1Cl. The van der Waals surface area contributed by atoms with E-state index in [1.54, 1.807) is 43.3 Å². The van der Waals surface area contributed by atoms with Crippen molar-refractivity contribution in [2.24, 2.45) is 0 Å². The number of anilines is 2. The molecule has 0 fully saturated rings. The first-order chi connectivity index (χ1) is 11.9. The molecule has 2 aromatic carbocycles. The third-order valence-electron chi connectivity index (χ3n) is 3.69. The summed E-state index contributed by atoms with van der Waals surface area (Å²) in [6.07, 6.45) is -0.538. The van der Waals surface area contributed by atoms with Crippen molar-refractivity contribution in [1.82, 2.24) is 0 Å². The van der Waals surface area contributed by atoms with Crippen molar-refractivity contribution in [2.75, 3.05) is 17.2 Å². The van der Waals surface area contributed by atoms with Gasteiger partial charge in [0.15, 0.2) is 12.7 Å². The van der Waals surface area contributed by atoms with Gasteiger partial charge in [-0.05, 0) is 55.8 Å². The van der Waals surface area contributed by atoms with Crippen LogP contribution in [0, 0.1) is 6.92 Å². The second-order valence-electron chi connectivity index (χ2n) is 5.71. The van der Waals surface area contributed by atoms with Crippen molar-refractivity contribution in [3.05, 3.63) is 47.0 Å². The van der Waals surface area contributed by atoms with Crippen LogP contribution in [-0.2, 0) is 9.59 Å². The zero-order valence-corrected chi connectivity index (χ0v) is 14.5. The van der Waals surface area contributed by atoms with Gasteiger partial charge in [0.1, 0.15) is 11.5 Å². The highest BCUT2D eigenvalue weighted by molar-refractivity contribution is 6.31. The Kier molecular flexibility index (Phi) is 4.81. The van der Waals surface area contributed by atoms with E-state index in [1.807, 2.05) is 6.92 Å². The Balaban J connectivity index is 1.60. The Morgan fingerprint density at radius 2 is 2.12 bits per heavy atom. The minimum absolute atomic E-state index is 0.141. The van der Waals surface area contributed by atoms with Crippen LogP contribution in [0.15, 0.2) is 36.4 Å². The fourth-order valence-electron chi connectivity index (χ4n) is 2.34. The van der Waals surface area contributed by atoms with Crippen molar-refractivity contribution < 1.29 is 19.1 Å². The monoisotopic (exact) mass is 360 g/mol. The number of hydrogen-bond acceptors (Lipinski definition) is 4. The van der Waals surface area contributed by atoms with E-state index < -0.39 is 6.10 Å². The molecule has 130 valence electrons. The zero-order valence-electron chi connectivity index (χ0n) is 13.8. The van der Waals surface area contributed by atoms with Gasteiger partial charge in [-0.2, -0.15) is 0 Å². The van der Waals surface area contributed by atoms with Crippen molar-refractivity contribution >= 4 is 34.8 Å². The van der Waals surface area contributed by atoms with E-state index in [9.17, 15) is 9.59 Å². The lowest BCUT2D eigenvalue weighted by atomic mass is 10.2. The number of ether oxygens (including phenoxy) is 2. The molecular weight excluding hydrogens is 344 g/mol. The van der Waals surface area contributed by atoms with Gasteiger partial charge in [-0.15, -0.1) is 0 Å². The molecular formula is C18H17ClN2O4. The van der Waals surface area contributed by atoms with Crippen molar-refractivity contribution in [1.29, 1.82) is 0 Å². The highest BCUT2D eigenvalue weighted by Gasteiger charge is 2.23. The van der Waals surface area contributed by atoms with Gasteiger partial charge in [-0.3, -0.25) is 9.59 Å². The minimum Gasteiger partial charge on any atom is -0.484 e. The van der Waals surface area contributed by atoms with Crippen LogP contribution in [0.4, 0.5) is 11.4 Å². The topological polar surface area (TPSA) is 76.7 Å². The molecule has 25 heavy (non-hydrogen) atoms. The Morgan fingerprint density at radius 1 is 1.32 bits per heavy atom. The molecule has 1 atom stereocenters. The first-order valence-electron chi connectivity index (χ1n) is 7.73. The van der Waals surface area contributed by atoms with E-state index >= 15 is 0 Å². The van der Waals surface area contributed by atoms with Crippen LogP contribution in [0.2, 0.25) is 5.02 Å². The van der Waals surface area contributed by atoms with Crippen LogP contribution >= 0.6 is 11.6 Å². The summed E-state index contributed by atoms with van der Waals surface area (Å²) < 4.78 is 10.9. The largest absolute Gasteiger partial charge is 0.484 e. The molecule has 1 heterocycles. The van der Waals surface area contributed by atoms with Crippen LogP contribution in [0.3, 0.4) is 0 Å². The Labute approximate surface area is 150 Å². The lowest BCUT2D eigenvalue weighted by Crippen LogP contribution is -2.34. The number of halogens is 1. The van der Waals surface area contributed by atoms with Crippen molar-refractivity contribution in [3.8, 4) is 11.5 Å². The summed E-state index contributed by atoms with van der Waals surface area (Å²) in [7, 11) is 0. The summed E-state index contributed by atoms with van der Waals surface area (Å²) in [5, 5.41) is 6.09. The molecule has 6 nitrogen and oxygen atoms in total. The lowest BCUT2D eigenvalue weighted by molar-refractivity contribution is -0.122. The molecule has 7 heteroatoms. The molecule has 1 aliphatic heterocycles. The summed E-state index contributed by atoms with van der Waals surface area (Å²) in [6.45, 7) is 3.39. The van der Waals surface area contributed by atoms with E-state index in [1.165, 1.54) is 0 Å². The summed E-state index contributed by atoms with van der Waals surface area (Å²) >= 11 is 5.95. The Hall–Kier alpha value is -2.73. The van der Waals surface area contributed by atoms with Gasteiger partial charge in [-0.1, -0.05) is 11.6 Å². The van der Waals surface area contributed by atoms with E-state index in [2.05, 4.69) is 10.6 Å². The van der Waals surface area contributed by atoms with Gasteiger partial charge in [0.05, 0.1) is 5.69 Å². The van der Waals surface area contributed by atoms with Crippen molar-refractivity contribution in [2.45, 2.75) is 20.0 Å². The van der Waals surface area contributed by atoms with Gasteiger partial charge in [-0.25, -0.2) is 0 Å². The van der Waals surface area contributed by atoms with Gasteiger partial charge >= 0.3 is 0 Å². The second kappa shape index (κ2) is 7.03. The summed E-state index contributed by atoms with van der Waals surface area (Å²) in [6, 6.07) is 10.2. The number of rotatable bonds is 4. The zero-order chi connectivity index (χ0) is 18.0. The van der Waals surface area contributed by atoms with E-state index in [-0.39, 0.29) is 18.4 Å². The second-order valence-corrected chi connectivity index (χ2v) is 6.12. The summed E-state index contributed by atoms with van der Waals surface area (Å²) in [4.78, 5) is 23.7. The lowest BCUT2D eigenvalue weighted by Gasteiger charge is -2.23. The van der Waals surface area contributed by atoms with Crippen molar-refractivity contribution in [3.63, 3.8) is 0 Å². The number of fused-ring (bicyclic) bond motifs is 1. The number of carbonyl (C=O) groups is 2. The smallest absolute Gasteiger partial charge is 0.265 e. The van der Waals surface area contributed by atoms with Gasteiger partial charge in [0.2, 0.25) is 0 Å². The van der Waals surface area contributed by atoms with Crippen LogP contribution in [0.1, 0.15) is 12.5 Å². The maximum absolute atomic E-state index is 12.0. The Bertz CT molecular complexity index is 838. The van der Waals surface area contributed by atoms with E-state index in [0.717, 1.165) is 5.56 Å². The third-order valence-corrected chi connectivity index (χ3v) is 4.12. The average molecular weight is 361 g/mol. The molecule has 0 saturated heterocycles. The normalized spacial score (nSPS) is 15.6. The molecule has 0 saturated carbocycles. The Morgan fingerprint density at radius 3 is 2.88 bits per heavy atom. The number of nitrogens with one attached hydrogen (secondary N) is 2. The molecule has 0 radical (unpaired) electrons. The predicted molar refractivity (Wildman–Crippen MR) is 95.5 cm³/mol. The fraction of sp³-hybridized carbons (Fsp3) is 0.222. The van der Waals surface area contributed by atoms with Gasteiger partial charge in [0, 0.05) is 10.7 Å². The average Bonchev–Trinajstić information content (AvgIpc) is 2.57. The molecule has 0 aromatic heterocycles. The highest BCUT2D eigenvalue weighted by Crippen LogP contribution is 2.32. The van der Waals surface area contributed by atoms with Gasteiger partial charge in [0.25, 0.3) is 11.8 Å². The first kappa shape index (κ1) is 17.1. The van der Waals surface area contributed by atoms with Crippen LogP contribution in [-0.4, -0.2) is 24.5 Å². The summed E-state index contributed by atoms with van der Waals surface area (Å²) in [5.41, 5.74) is 1.94. The van der Waals surface area contributed by atoms with Crippen LogP contribution in [0.5, 0.6) is 11.5 Å². The molecule has 1 aliphatic rings. The molecule has 2 N–H and O–H groups in total. The maximum atomic E-state index is 12.0. The predicted octanol–water partition coefficient (Wildman–Crippen LogP) is 3.39. The van der Waals surface area contributed by atoms with Crippen LogP contribution < -0.4 is 20.1 Å². The van der Waals surface area contributed by atoms with E-state index in [0.29, 0.717) is 27.9 Å². The van der Waals surface area contributed by atoms with E-state index in [4.69, 9.17) is 21.1 Å². The molecule has 0 spiro atoms.